The van der Waals surface area contributed by atoms with E-state index >= 15 is 0 Å². The highest BCUT2D eigenvalue weighted by Gasteiger charge is 2.24. The van der Waals surface area contributed by atoms with Crippen molar-refractivity contribution in [2.75, 3.05) is 34.0 Å². The zero-order valence-electron chi connectivity index (χ0n) is 13.7. The second kappa shape index (κ2) is 7.60. The van der Waals surface area contributed by atoms with Gasteiger partial charge in [-0.3, -0.25) is 4.79 Å². The summed E-state index contributed by atoms with van der Waals surface area (Å²) in [5.41, 5.74) is 1.01. The molecule has 2 atom stereocenters. The van der Waals surface area contributed by atoms with Gasteiger partial charge in [0.15, 0.2) is 9.84 Å². The molecule has 124 valence electrons. The van der Waals surface area contributed by atoms with Crippen LogP contribution in [-0.2, 0) is 14.6 Å². The second-order valence-corrected chi connectivity index (χ2v) is 7.84. The molecule has 7 heteroatoms. The average molecular weight is 328 g/mol. The predicted molar refractivity (Wildman–Crippen MR) is 86.7 cm³/mol. The molecule has 0 fully saturated rings. The minimum Gasteiger partial charge on any atom is -0.497 e. The lowest BCUT2D eigenvalue weighted by molar-refractivity contribution is -0.120. The summed E-state index contributed by atoms with van der Waals surface area (Å²) < 4.78 is 27.9. The minimum absolute atomic E-state index is 0.0541. The van der Waals surface area contributed by atoms with Crippen molar-refractivity contribution in [3.63, 3.8) is 0 Å². The molecule has 1 rings (SSSR count). The molecule has 1 aromatic rings. The van der Waals surface area contributed by atoms with Crippen LogP contribution < -0.4 is 10.1 Å². The van der Waals surface area contributed by atoms with Gasteiger partial charge >= 0.3 is 0 Å². The Morgan fingerprint density at radius 3 is 2.23 bits per heavy atom. The number of hydrogen-bond acceptors (Lipinski definition) is 5. The monoisotopic (exact) mass is 328 g/mol. The predicted octanol–water partition coefficient (Wildman–Crippen LogP) is 0.847. The van der Waals surface area contributed by atoms with Crippen molar-refractivity contribution in [1.82, 2.24) is 10.2 Å². The molecule has 0 radical (unpaired) electrons. The Balaban J connectivity index is 2.79. The zero-order valence-corrected chi connectivity index (χ0v) is 14.5. The quantitative estimate of drug-likeness (QED) is 0.803. The van der Waals surface area contributed by atoms with Gasteiger partial charge in [-0.1, -0.05) is 12.1 Å². The van der Waals surface area contributed by atoms with E-state index in [1.54, 1.807) is 7.11 Å². The Morgan fingerprint density at radius 1 is 1.27 bits per heavy atom. The van der Waals surface area contributed by atoms with Crippen LogP contribution in [0.5, 0.6) is 5.75 Å². The van der Waals surface area contributed by atoms with Crippen molar-refractivity contribution >= 4 is 15.7 Å². The number of methoxy groups -OCH3 is 1. The van der Waals surface area contributed by atoms with Gasteiger partial charge in [0, 0.05) is 12.8 Å². The molecule has 0 aliphatic rings. The maximum Gasteiger partial charge on any atom is 0.238 e. The number of amides is 1. The lowest BCUT2D eigenvalue weighted by Crippen LogP contribution is -2.41. The van der Waals surface area contributed by atoms with Crippen molar-refractivity contribution in [3.05, 3.63) is 29.8 Å². The number of carbonyl (C=O) groups excluding carboxylic acids is 1. The molecule has 1 amide bonds. The number of likely N-dealkylation sites (N-methyl/N-ethyl adjacent to an activating group) is 1. The number of nitrogens with zero attached hydrogens (tertiary/aromatic N) is 1. The normalized spacial score (nSPS) is 14.5. The van der Waals surface area contributed by atoms with Crippen molar-refractivity contribution in [1.29, 1.82) is 0 Å². The van der Waals surface area contributed by atoms with Crippen LogP contribution >= 0.6 is 0 Å². The van der Waals surface area contributed by atoms with Crippen LogP contribution in [-0.4, -0.2) is 58.5 Å². The van der Waals surface area contributed by atoms with E-state index in [2.05, 4.69) is 5.32 Å². The lowest BCUT2D eigenvalue weighted by Gasteiger charge is -2.25. The molecule has 1 N–H and O–H groups in total. The maximum atomic E-state index is 11.9. The molecule has 0 heterocycles. The first kappa shape index (κ1) is 18.4. The summed E-state index contributed by atoms with van der Waals surface area (Å²) in [6.07, 6.45) is 1.06. The number of sulfone groups is 1. The molecule has 0 aromatic heterocycles. The maximum absolute atomic E-state index is 11.9. The Kier molecular flexibility index (Phi) is 6.37. The number of ether oxygens (including phenoxy) is 1. The van der Waals surface area contributed by atoms with Gasteiger partial charge in [-0.25, -0.2) is 8.42 Å². The summed E-state index contributed by atoms with van der Waals surface area (Å²) in [4.78, 5) is 13.9. The fraction of sp³-hybridized carbons (Fsp3) is 0.533. The van der Waals surface area contributed by atoms with Gasteiger partial charge in [-0.15, -0.1) is 0 Å². The molecule has 0 unspecified atom stereocenters. The third kappa shape index (κ3) is 4.99. The van der Waals surface area contributed by atoms with Crippen LogP contribution in [0, 0.1) is 0 Å². The van der Waals surface area contributed by atoms with Gasteiger partial charge in [-0.2, -0.15) is 0 Å². The number of rotatable bonds is 7. The summed E-state index contributed by atoms with van der Waals surface area (Å²) in [7, 11) is 2.02. The molecule has 0 bridgehead atoms. The van der Waals surface area contributed by atoms with Crippen molar-refractivity contribution < 1.29 is 17.9 Å². The average Bonchev–Trinajstić information content (AvgIpc) is 2.45. The highest BCUT2D eigenvalue weighted by atomic mass is 32.2. The number of benzene rings is 1. The molecule has 0 spiro atoms. The van der Waals surface area contributed by atoms with Gasteiger partial charge in [0.05, 0.1) is 13.2 Å². The van der Waals surface area contributed by atoms with Crippen LogP contribution in [0.2, 0.25) is 0 Å². The van der Waals surface area contributed by atoms with E-state index in [0.29, 0.717) is 6.54 Å². The molecular formula is C15H24N2O4S. The SMILES string of the molecule is COc1ccc([C@H](CNC(=O)[C@@H](C)S(C)(=O)=O)N(C)C)cc1. The smallest absolute Gasteiger partial charge is 0.238 e. The first-order valence-electron chi connectivity index (χ1n) is 6.93. The molecule has 0 saturated heterocycles. The summed E-state index contributed by atoms with van der Waals surface area (Å²) in [6, 6.07) is 7.51. The Hall–Kier alpha value is -1.60. The van der Waals surface area contributed by atoms with E-state index in [1.165, 1.54) is 6.92 Å². The van der Waals surface area contributed by atoms with Crippen LogP contribution in [0.1, 0.15) is 18.5 Å². The lowest BCUT2D eigenvalue weighted by atomic mass is 10.1. The van der Waals surface area contributed by atoms with Crippen LogP contribution in [0.3, 0.4) is 0 Å². The number of carbonyl (C=O) groups is 1. The topological polar surface area (TPSA) is 75.7 Å². The molecule has 0 aliphatic carbocycles. The van der Waals surface area contributed by atoms with Gasteiger partial charge < -0.3 is 15.0 Å². The fourth-order valence-corrected chi connectivity index (χ4v) is 2.43. The van der Waals surface area contributed by atoms with Crippen LogP contribution in [0.15, 0.2) is 24.3 Å². The van der Waals surface area contributed by atoms with Gasteiger partial charge in [0.25, 0.3) is 0 Å². The molecule has 22 heavy (non-hydrogen) atoms. The number of nitrogens with one attached hydrogen (secondary N) is 1. The largest absolute Gasteiger partial charge is 0.497 e. The first-order valence-corrected chi connectivity index (χ1v) is 8.89. The first-order chi connectivity index (χ1) is 10.2. The van der Waals surface area contributed by atoms with E-state index in [9.17, 15) is 13.2 Å². The summed E-state index contributed by atoms with van der Waals surface area (Å²) >= 11 is 0. The Bertz CT molecular complexity index is 596. The van der Waals surface area contributed by atoms with E-state index in [4.69, 9.17) is 4.74 Å². The highest BCUT2D eigenvalue weighted by molar-refractivity contribution is 7.92. The molecule has 6 nitrogen and oxygen atoms in total. The molecule has 1 aromatic carbocycles. The fourth-order valence-electron chi connectivity index (χ4n) is 1.96. The summed E-state index contributed by atoms with van der Waals surface area (Å²) in [5, 5.41) is 1.66. The van der Waals surface area contributed by atoms with Crippen molar-refractivity contribution in [2.24, 2.45) is 0 Å². The molecule has 0 saturated carbocycles. The van der Waals surface area contributed by atoms with Gasteiger partial charge in [-0.05, 0) is 38.7 Å². The van der Waals surface area contributed by atoms with Crippen molar-refractivity contribution in [3.8, 4) is 5.75 Å². The summed E-state index contributed by atoms with van der Waals surface area (Å²) in [6.45, 7) is 1.72. The van der Waals surface area contributed by atoms with E-state index in [0.717, 1.165) is 17.6 Å². The molecular weight excluding hydrogens is 304 g/mol. The third-order valence-electron chi connectivity index (χ3n) is 3.61. The van der Waals surface area contributed by atoms with E-state index in [1.807, 2.05) is 43.3 Å². The Labute approximate surface area is 132 Å². The second-order valence-electron chi connectivity index (χ2n) is 5.47. The van der Waals surface area contributed by atoms with Crippen molar-refractivity contribution in [2.45, 2.75) is 18.2 Å². The van der Waals surface area contributed by atoms with Gasteiger partial charge in [0.1, 0.15) is 11.0 Å². The summed E-state index contributed by atoms with van der Waals surface area (Å²) in [5.74, 6) is 0.277. The zero-order chi connectivity index (χ0) is 16.9. The third-order valence-corrected chi connectivity index (χ3v) is 5.10. The van der Waals surface area contributed by atoms with Gasteiger partial charge in [0.2, 0.25) is 5.91 Å². The number of hydrogen-bond donors (Lipinski definition) is 1. The standard InChI is InChI=1S/C15H24N2O4S/c1-11(22(5,19)20)15(18)16-10-14(17(2)3)12-6-8-13(21-4)9-7-12/h6-9,11,14H,10H2,1-5H3,(H,16,18)/t11-,14+/m1/s1. The highest BCUT2D eigenvalue weighted by Crippen LogP contribution is 2.20. The van der Waals surface area contributed by atoms with Crippen LogP contribution in [0.4, 0.5) is 0 Å². The Morgan fingerprint density at radius 2 is 1.82 bits per heavy atom. The minimum atomic E-state index is -3.39. The van der Waals surface area contributed by atoms with E-state index in [-0.39, 0.29) is 6.04 Å². The molecule has 0 aliphatic heterocycles. The van der Waals surface area contributed by atoms with Crippen LogP contribution in [0.25, 0.3) is 0 Å². The van der Waals surface area contributed by atoms with E-state index < -0.39 is 21.0 Å².